The van der Waals surface area contributed by atoms with Crippen molar-refractivity contribution in [1.82, 2.24) is 4.98 Å². The Balaban J connectivity index is 1.86. The summed E-state index contributed by atoms with van der Waals surface area (Å²) in [6.07, 6.45) is 4.19. The van der Waals surface area contributed by atoms with E-state index < -0.39 is 18.5 Å². The number of aromatic nitrogens is 1. The molecule has 6 nitrogen and oxygen atoms in total. The Bertz CT molecular complexity index is 616. The Morgan fingerprint density at radius 1 is 1.29 bits per heavy atom. The molecule has 1 aromatic heterocycles. The average Bonchev–Trinajstić information content (AvgIpc) is 2.53. The number of hydrogen-bond donors (Lipinski definition) is 1. The van der Waals surface area contributed by atoms with Crippen molar-refractivity contribution in [3.05, 3.63) is 34.2 Å². The monoisotopic (exact) mass is 335 g/mol. The molecule has 24 heavy (non-hydrogen) atoms. The van der Waals surface area contributed by atoms with Crippen LogP contribution < -0.4 is 5.56 Å². The summed E-state index contributed by atoms with van der Waals surface area (Å²) in [5.41, 5.74) is -0.120. The molecule has 1 saturated carbocycles. The van der Waals surface area contributed by atoms with E-state index in [4.69, 9.17) is 9.47 Å². The highest BCUT2D eigenvalue weighted by atomic mass is 16.6. The largest absolute Gasteiger partial charge is 0.460 e. The number of hydrogen-bond acceptors (Lipinski definition) is 5. The lowest BCUT2D eigenvalue weighted by Crippen LogP contribution is -2.36. The molecule has 1 aliphatic rings. The molecule has 1 aromatic rings. The first-order chi connectivity index (χ1) is 11.4. The number of H-pyrrole nitrogens is 1. The van der Waals surface area contributed by atoms with Gasteiger partial charge in [0.2, 0.25) is 5.56 Å². The third-order valence-electron chi connectivity index (χ3n) is 4.59. The van der Waals surface area contributed by atoms with Crippen LogP contribution in [0, 0.1) is 17.8 Å². The molecule has 1 heterocycles. The number of carbonyl (C=O) groups excluding carboxylic acids is 2. The third kappa shape index (κ3) is 4.94. The van der Waals surface area contributed by atoms with E-state index in [0.717, 1.165) is 19.3 Å². The highest BCUT2D eigenvalue weighted by Gasteiger charge is 2.33. The molecule has 1 N–H and O–H groups in total. The number of pyridine rings is 1. The Morgan fingerprint density at radius 2 is 2.04 bits per heavy atom. The van der Waals surface area contributed by atoms with Crippen LogP contribution in [0.5, 0.6) is 0 Å². The standard InChI is InChI=1S/C18H25NO5/c1-11(2)14-6-4-12(3)8-15(14)24-17(21)10-23-18(22)13-5-7-16(20)19-9-13/h5,7,9,11-12,14-15H,4,6,8,10H2,1-3H3,(H,19,20)/t12-,14-,15+/m0/s1. The van der Waals surface area contributed by atoms with E-state index in [1.165, 1.54) is 18.3 Å². The second-order valence-corrected chi connectivity index (χ2v) is 6.87. The maximum atomic E-state index is 12.0. The second-order valence-electron chi connectivity index (χ2n) is 6.87. The van der Waals surface area contributed by atoms with Gasteiger partial charge >= 0.3 is 11.9 Å². The van der Waals surface area contributed by atoms with E-state index in [9.17, 15) is 14.4 Å². The molecule has 132 valence electrons. The number of carbonyl (C=O) groups is 2. The Hall–Kier alpha value is -2.11. The minimum Gasteiger partial charge on any atom is -0.460 e. The maximum absolute atomic E-state index is 12.0. The van der Waals surface area contributed by atoms with E-state index in [-0.39, 0.29) is 17.2 Å². The maximum Gasteiger partial charge on any atom is 0.344 e. The van der Waals surface area contributed by atoms with E-state index in [1.54, 1.807) is 0 Å². The average molecular weight is 335 g/mol. The molecule has 1 aliphatic carbocycles. The highest BCUT2D eigenvalue weighted by molar-refractivity contribution is 5.90. The van der Waals surface area contributed by atoms with Crippen LogP contribution in [0.25, 0.3) is 0 Å². The molecule has 3 atom stereocenters. The van der Waals surface area contributed by atoms with Crippen molar-refractivity contribution in [2.24, 2.45) is 17.8 Å². The van der Waals surface area contributed by atoms with Crippen molar-refractivity contribution in [3.8, 4) is 0 Å². The summed E-state index contributed by atoms with van der Waals surface area (Å²) in [5, 5.41) is 0. The molecule has 0 saturated heterocycles. The van der Waals surface area contributed by atoms with Crippen molar-refractivity contribution in [2.45, 2.75) is 46.1 Å². The van der Waals surface area contributed by atoms with E-state index in [0.29, 0.717) is 17.8 Å². The third-order valence-corrected chi connectivity index (χ3v) is 4.59. The molecule has 2 rings (SSSR count). The molecule has 0 aromatic carbocycles. The molecule has 6 heteroatoms. The van der Waals surface area contributed by atoms with Gasteiger partial charge in [-0.1, -0.05) is 27.2 Å². The quantitative estimate of drug-likeness (QED) is 0.836. The second kappa shape index (κ2) is 8.13. The summed E-state index contributed by atoms with van der Waals surface area (Å²) >= 11 is 0. The predicted octanol–water partition coefficient (Wildman–Crippen LogP) is 2.54. The van der Waals surface area contributed by atoms with Gasteiger partial charge in [0.1, 0.15) is 6.10 Å². The summed E-state index contributed by atoms with van der Waals surface area (Å²) in [6, 6.07) is 2.58. The Morgan fingerprint density at radius 3 is 2.67 bits per heavy atom. The normalized spacial score (nSPS) is 23.8. The summed E-state index contributed by atoms with van der Waals surface area (Å²) < 4.78 is 10.5. The van der Waals surface area contributed by atoms with Crippen LogP contribution in [-0.4, -0.2) is 29.6 Å². The van der Waals surface area contributed by atoms with Gasteiger partial charge in [-0.3, -0.25) is 4.79 Å². The molecule has 0 aliphatic heterocycles. The van der Waals surface area contributed by atoms with Gasteiger partial charge in [-0.2, -0.15) is 0 Å². The predicted molar refractivity (Wildman–Crippen MR) is 88.6 cm³/mol. The zero-order valence-corrected chi connectivity index (χ0v) is 14.4. The number of rotatable bonds is 5. The highest BCUT2D eigenvalue weighted by Crippen LogP contribution is 2.35. The first-order valence-corrected chi connectivity index (χ1v) is 8.42. The van der Waals surface area contributed by atoms with Gasteiger partial charge in [-0.15, -0.1) is 0 Å². The van der Waals surface area contributed by atoms with Gasteiger partial charge in [-0.25, -0.2) is 9.59 Å². The van der Waals surface area contributed by atoms with Gasteiger partial charge in [-0.05, 0) is 36.7 Å². The molecule has 1 fully saturated rings. The van der Waals surface area contributed by atoms with Crippen LogP contribution in [0.15, 0.2) is 23.1 Å². The van der Waals surface area contributed by atoms with Gasteiger partial charge in [0.05, 0.1) is 5.56 Å². The Kier molecular flexibility index (Phi) is 6.17. The number of aromatic amines is 1. The van der Waals surface area contributed by atoms with Crippen molar-refractivity contribution in [1.29, 1.82) is 0 Å². The fourth-order valence-electron chi connectivity index (χ4n) is 3.20. The molecule has 0 radical (unpaired) electrons. The molecule has 0 amide bonds. The number of nitrogens with one attached hydrogen (secondary N) is 1. The zero-order valence-electron chi connectivity index (χ0n) is 14.4. The van der Waals surface area contributed by atoms with Crippen LogP contribution >= 0.6 is 0 Å². The minimum atomic E-state index is -0.666. The summed E-state index contributed by atoms with van der Waals surface area (Å²) in [6.45, 7) is 6.01. The van der Waals surface area contributed by atoms with Crippen molar-refractivity contribution in [2.75, 3.05) is 6.61 Å². The smallest absolute Gasteiger partial charge is 0.344 e. The summed E-state index contributed by atoms with van der Waals surface area (Å²) in [4.78, 5) is 37.2. The van der Waals surface area contributed by atoms with Crippen molar-refractivity contribution < 1.29 is 19.1 Å². The lowest BCUT2D eigenvalue weighted by molar-refractivity contribution is -0.159. The van der Waals surface area contributed by atoms with Crippen LogP contribution in [0.4, 0.5) is 0 Å². The van der Waals surface area contributed by atoms with Crippen molar-refractivity contribution >= 4 is 11.9 Å². The topological polar surface area (TPSA) is 85.5 Å². The fraction of sp³-hybridized carbons (Fsp3) is 0.611. The lowest BCUT2D eigenvalue weighted by atomic mass is 9.75. The van der Waals surface area contributed by atoms with Crippen LogP contribution in [0.3, 0.4) is 0 Å². The van der Waals surface area contributed by atoms with Gasteiger partial charge < -0.3 is 14.5 Å². The van der Waals surface area contributed by atoms with Crippen molar-refractivity contribution in [3.63, 3.8) is 0 Å². The first kappa shape index (κ1) is 18.2. The minimum absolute atomic E-state index is 0.118. The Labute approximate surface area is 141 Å². The number of esters is 2. The van der Waals surface area contributed by atoms with Crippen LogP contribution in [-0.2, 0) is 14.3 Å². The van der Waals surface area contributed by atoms with Gasteiger partial charge in [0, 0.05) is 12.3 Å². The summed E-state index contributed by atoms with van der Waals surface area (Å²) in [7, 11) is 0. The molecular weight excluding hydrogens is 310 g/mol. The molecular formula is C18H25NO5. The molecule has 0 bridgehead atoms. The van der Waals surface area contributed by atoms with E-state index in [1.807, 2.05) is 0 Å². The summed E-state index contributed by atoms with van der Waals surface area (Å²) in [5.74, 6) is 0.124. The van der Waals surface area contributed by atoms with Gasteiger partial charge in [0.15, 0.2) is 6.61 Å². The number of ether oxygens (including phenoxy) is 2. The van der Waals surface area contributed by atoms with Gasteiger partial charge in [0.25, 0.3) is 0 Å². The van der Waals surface area contributed by atoms with E-state index in [2.05, 4.69) is 25.8 Å². The van der Waals surface area contributed by atoms with Crippen LogP contribution in [0.1, 0.15) is 50.4 Å². The fourth-order valence-corrected chi connectivity index (χ4v) is 3.20. The zero-order chi connectivity index (χ0) is 17.7. The lowest BCUT2D eigenvalue weighted by Gasteiger charge is -2.36. The van der Waals surface area contributed by atoms with E-state index >= 15 is 0 Å². The van der Waals surface area contributed by atoms with Crippen LogP contribution in [0.2, 0.25) is 0 Å². The first-order valence-electron chi connectivity index (χ1n) is 8.42. The molecule has 0 spiro atoms. The molecule has 0 unspecified atom stereocenters. The SMILES string of the molecule is CC(C)[C@@H]1CC[C@H](C)C[C@H]1OC(=O)COC(=O)c1ccc(=O)[nH]c1.